The molecule has 22 heavy (non-hydrogen) atoms. The summed E-state index contributed by atoms with van der Waals surface area (Å²) in [7, 11) is 0. The summed E-state index contributed by atoms with van der Waals surface area (Å²) in [6.45, 7) is 1.91. The number of benzene rings is 2. The molecule has 0 aliphatic carbocycles. The van der Waals surface area contributed by atoms with Crippen LogP contribution in [0.3, 0.4) is 0 Å². The molecule has 0 saturated carbocycles. The van der Waals surface area contributed by atoms with E-state index < -0.39 is 11.7 Å². The first-order valence-electron chi connectivity index (χ1n) is 6.73. The summed E-state index contributed by atoms with van der Waals surface area (Å²) in [6.07, 6.45) is 0. The molecule has 1 amide bonds. The summed E-state index contributed by atoms with van der Waals surface area (Å²) in [5, 5.41) is 14.5. The van der Waals surface area contributed by atoms with E-state index in [2.05, 4.69) is 33.2 Å². The average Bonchev–Trinajstić information content (AvgIpc) is 2.49. The Bertz CT molecular complexity index is 692. The van der Waals surface area contributed by atoms with E-state index in [9.17, 15) is 9.18 Å². The van der Waals surface area contributed by atoms with Crippen LogP contribution in [0.4, 0.5) is 15.8 Å². The summed E-state index contributed by atoms with van der Waals surface area (Å²) >= 11 is 2.22. The molecule has 3 N–H and O–H groups in total. The number of rotatable bonds is 5. The van der Waals surface area contributed by atoms with Crippen LogP contribution >= 0.6 is 22.6 Å². The highest BCUT2D eigenvalue weighted by Gasteiger charge is 2.13. The summed E-state index contributed by atoms with van der Waals surface area (Å²) in [4.78, 5) is 12.1. The Balaban J connectivity index is 2.32. The maximum atomic E-state index is 13.4. The quantitative estimate of drug-likeness (QED) is 0.659. The van der Waals surface area contributed by atoms with Crippen molar-refractivity contribution in [2.45, 2.75) is 6.92 Å². The van der Waals surface area contributed by atoms with Crippen molar-refractivity contribution in [3.63, 3.8) is 0 Å². The molecule has 2 aromatic rings. The van der Waals surface area contributed by atoms with Gasteiger partial charge in [0.05, 0.1) is 17.9 Å². The third-order valence-corrected chi connectivity index (χ3v) is 3.75. The van der Waals surface area contributed by atoms with Gasteiger partial charge in [0.25, 0.3) is 5.91 Å². The molecule has 0 aromatic heterocycles. The van der Waals surface area contributed by atoms with Crippen molar-refractivity contribution in [2.24, 2.45) is 0 Å². The fraction of sp³-hybridized carbons (Fsp3) is 0.188. The molecule has 0 radical (unpaired) electrons. The molecule has 4 nitrogen and oxygen atoms in total. The molecule has 2 rings (SSSR count). The van der Waals surface area contributed by atoms with E-state index in [0.717, 1.165) is 14.8 Å². The van der Waals surface area contributed by atoms with Crippen LogP contribution in [0.5, 0.6) is 0 Å². The fourth-order valence-corrected chi connectivity index (χ4v) is 2.64. The fourth-order valence-electron chi connectivity index (χ4n) is 1.99. The molecule has 0 bridgehead atoms. The lowest BCUT2D eigenvalue weighted by atomic mass is 10.1. The maximum Gasteiger partial charge on any atom is 0.253 e. The van der Waals surface area contributed by atoms with Gasteiger partial charge < -0.3 is 15.7 Å². The van der Waals surface area contributed by atoms with E-state index in [1.165, 1.54) is 18.2 Å². The van der Waals surface area contributed by atoms with Gasteiger partial charge in [-0.15, -0.1) is 0 Å². The average molecular weight is 414 g/mol. The first kappa shape index (κ1) is 16.7. The largest absolute Gasteiger partial charge is 0.395 e. The van der Waals surface area contributed by atoms with Crippen LogP contribution < -0.4 is 10.6 Å². The smallest absolute Gasteiger partial charge is 0.253 e. The minimum Gasteiger partial charge on any atom is -0.395 e. The van der Waals surface area contributed by atoms with E-state index in [1.807, 2.05) is 25.1 Å². The SMILES string of the molecule is Cc1cc(I)ccc1Nc1ccc(F)cc1C(=O)NCCO. The first-order valence-corrected chi connectivity index (χ1v) is 7.81. The summed E-state index contributed by atoms with van der Waals surface area (Å²) < 4.78 is 14.6. The summed E-state index contributed by atoms with van der Waals surface area (Å²) in [5.74, 6) is -0.918. The number of nitrogens with one attached hydrogen (secondary N) is 2. The molecule has 0 unspecified atom stereocenters. The molecular formula is C16H16FIN2O2. The van der Waals surface area contributed by atoms with Crippen molar-refractivity contribution < 1.29 is 14.3 Å². The highest BCUT2D eigenvalue weighted by Crippen LogP contribution is 2.25. The molecule has 0 aliphatic heterocycles. The van der Waals surface area contributed by atoms with Gasteiger partial charge in [0.15, 0.2) is 0 Å². The van der Waals surface area contributed by atoms with Crippen molar-refractivity contribution in [1.82, 2.24) is 5.32 Å². The monoisotopic (exact) mass is 414 g/mol. The first-order chi connectivity index (χ1) is 10.5. The van der Waals surface area contributed by atoms with Gasteiger partial charge in [0.1, 0.15) is 5.82 Å². The van der Waals surface area contributed by atoms with Gasteiger partial charge in [-0.3, -0.25) is 4.79 Å². The van der Waals surface area contributed by atoms with Crippen molar-refractivity contribution in [3.05, 3.63) is 56.9 Å². The third-order valence-electron chi connectivity index (χ3n) is 3.08. The van der Waals surface area contributed by atoms with E-state index in [0.29, 0.717) is 5.69 Å². The van der Waals surface area contributed by atoms with Gasteiger partial charge in [-0.1, -0.05) is 0 Å². The zero-order chi connectivity index (χ0) is 16.1. The summed E-state index contributed by atoms with van der Waals surface area (Å²) in [5.41, 5.74) is 2.59. The molecule has 0 spiro atoms. The second-order valence-corrected chi connectivity index (χ2v) is 6.00. The van der Waals surface area contributed by atoms with Gasteiger partial charge in [0.2, 0.25) is 0 Å². The standard InChI is InChI=1S/C16H16FIN2O2/c1-10-8-12(18)3-5-14(10)20-15-4-2-11(17)9-13(15)16(22)19-6-7-21/h2-5,8-9,20-21H,6-7H2,1H3,(H,19,22). The minimum atomic E-state index is -0.487. The van der Waals surface area contributed by atoms with Crippen molar-refractivity contribution in [1.29, 1.82) is 0 Å². The highest BCUT2D eigenvalue weighted by molar-refractivity contribution is 14.1. The predicted molar refractivity (Wildman–Crippen MR) is 93.0 cm³/mol. The molecule has 0 heterocycles. The Morgan fingerprint density at radius 2 is 1.95 bits per heavy atom. The Morgan fingerprint density at radius 1 is 1.23 bits per heavy atom. The number of anilines is 2. The zero-order valence-electron chi connectivity index (χ0n) is 12.0. The number of aliphatic hydroxyl groups is 1. The number of aryl methyl sites for hydroxylation is 1. The van der Waals surface area contributed by atoms with Gasteiger partial charge in [-0.05, 0) is 71.5 Å². The Labute approximate surface area is 141 Å². The minimum absolute atomic E-state index is 0.122. The van der Waals surface area contributed by atoms with Gasteiger partial charge in [-0.2, -0.15) is 0 Å². The van der Waals surface area contributed by atoms with Crippen LogP contribution in [-0.4, -0.2) is 24.2 Å². The topological polar surface area (TPSA) is 61.4 Å². The lowest BCUT2D eigenvalue weighted by molar-refractivity contribution is 0.0945. The second kappa shape index (κ2) is 7.55. The number of hydrogen-bond acceptors (Lipinski definition) is 3. The van der Waals surface area contributed by atoms with E-state index in [4.69, 9.17) is 5.11 Å². The molecule has 116 valence electrons. The Hall–Kier alpha value is -1.67. The van der Waals surface area contributed by atoms with Crippen LogP contribution in [0.25, 0.3) is 0 Å². The number of halogens is 2. The highest BCUT2D eigenvalue weighted by atomic mass is 127. The van der Waals surface area contributed by atoms with Crippen molar-refractivity contribution in [2.75, 3.05) is 18.5 Å². The number of carbonyl (C=O) groups excluding carboxylic acids is 1. The Kier molecular flexibility index (Phi) is 5.73. The van der Waals surface area contributed by atoms with Gasteiger partial charge in [0, 0.05) is 15.8 Å². The zero-order valence-corrected chi connectivity index (χ0v) is 14.1. The molecule has 0 fully saturated rings. The van der Waals surface area contributed by atoms with Gasteiger partial charge >= 0.3 is 0 Å². The van der Waals surface area contributed by atoms with Crippen LogP contribution in [0.2, 0.25) is 0 Å². The van der Waals surface area contributed by atoms with Crippen LogP contribution in [0.15, 0.2) is 36.4 Å². The number of aliphatic hydroxyl groups excluding tert-OH is 1. The normalized spacial score (nSPS) is 10.4. The predicted octanol–water partition coefficient (Wildman–Crippen LogP) is 3.20. The second-order valence-electron chi connectivity index (χ2n) is 4.75. The number of amides is 1. The molecule has 0 saturated heterocycles. The molecule has 2 aromatic carbocycles. The van der Waals surface area contributed by atoms with Crippen LogP contribution in [0.1, 0.15) is 15.9 Å². The summed E-state index contributed by atoms with van der Waals surface area (Å²) in [6, 6.07) is 9.88. The lowest BCUT2D eigenvalue weighted by Gasteiger charge is -2.14. The van der Waals surface area contributed by atoms with Crippen LogP contribution in [-0.2, 0) is 0 Å². The van der Waals surface area contributed by atoms with Crippen LogP contribution in [0, 0.1) is 16.3 Å². The third kappa shape index (κ3) is 4.17. The lowest BCUT2D eigenvalue weighted by Crippen LogP contribution is -2.27. The molecular weight excluding hydrogens is 398 g/mol. The maximum absolute atomic E-state index is 13.4. The molecule has 0 atom stereocenters. The molecule has 0 aliphatic rings. The molecule has 6 heteroatoms. The van der Waals surface area contributed by atoms with E-state index in [-0.39, 0.29) is 18.7 Å². The van der Waals surface area contributed by atoms with Crippen molar-refractivity contribution >= 4 is 39.9 Å². The van der Waals surface area contributed by atoms with E-state index >= 15 is 0 Å². The Morgan fingerprint density at radius 3 is 2.64 bits per heavy atom. The number of hydrogen-bond donors (Lipinski definition) is 3. The van der Waals surface area contributed by atoms with E-state index in [1.54, 1.807) is 0 Å². The van der Waals surface area contributed by atoms with Gasteiger partial charge in [-0.25, -0.2) is 4.39 Å². The number of carbonyl (C=O) groups is 1. The van der Waals surface area contributed by atoms with Crippen molar-refractivity contribution in [3.8, 4) is 0 Å².